The molecule has 2 N–H and O–H groups in total. The molecule has 0 aromatic heterocycles. The Morgan fingerprint density at radius 3 is 2.49 bits per heavy atom. The number of aliphatic hydroxyl groups is 2. The molecule has 1 aliphatic heterocycles. The van der Waals surface area contributed by atoms with Gasteiger partial charge in [0.15, 0.2) is 6.61 Å². The molecule has 1 fully saturated rings. The predicted molar refractivity (Wildman–Crippen MR) is 148 cm³/mol. The molecule has 1 saturated heterocycles. The third-order valence-electron chi connectivity index (χ3n) is 6.57. The first kappa shape index (κ1) is 33.5. The lowest BCUT2D eigenvalue weighted by Crippen LogP contribution is -2.58. The van der Waals surface area contributed by atoms with Gasteiger partial charge >= 0.3 is 0 Å². The van der Waals surface area contributed by atoms with Gasteiger partial charge in [0.25, 0.3) is 5.91 Å². The van der Waals surface area contributed by atoms with Crippen molar-refractivity contribution in [3.05, 3.63) is 28.2 Å². The first-order chi connectivity index (χ1) is 18.6. The van der Waals surface area contributed by atoms with Gasteiger partial charge in [-0.15, -0.1) is 0 Å². The molecule has 0 aliphatic carbocycles. The lowest BCUT2D eigenvalue weighted by molar-refractivity contribution is -0.154. The second kappa shape index (κ2) is 17.2. The largest absolute Gasteiger partial charge is 0.482 e. The number of carbonyl (C=O) groups is 2. The van der Waals surface area contributed by atoms with E-state index in [1.807, 2.05) is 13.8 Å². The number of carbonyl (C=O) groups excluding carboxylic acids is 2. The summed E-state index contributed by atoms with van der Waals surface area (Å²) in [7, 11) is 2.86. The summed E-state index contributed by atoms with van der Waals surface area (Å²) in [5, 5.41) is 22.1. The van der Waals surface area contributed by atoms with Gasteiger partial charge in [0.2, 0.25) is 5.91 Å². The highest BCUT2D eigenvalue weighted by molar-refractivity contribution is 6.42. The van der Waals surface area contributed by atoms with E-state index in [1.165, 1.54) is 14.2 Å². The number of ether oxygens (including phenoxy) is 4. The minimum absolute atomic E-state index is 0.0850. The van der Waals surface area contributed by atoms with Crippen LogP contribution in [0.4, 0.5) is 0 Å². The molecule has 1 aromatic rings. The van der Waals surface area contributed by atoms with E-state index in [1.54, 1.807) is 28.0 Å². The zero-order chi connectivity index (χ0) is 28.9. The molecule has 0 spiro atoms. The van der Waals surface area contributed by atoms with Crippen molar-refractivity contribution in [2.75, 3.05) is 60.3 Å². The number of benzene rings is 1. The van der Waals surface area contributed by atoms with Crippen LogP contribution in [0, 0.1) is 5.92 Å². The number of amides is 2. The summed E-state index contributed by atoms with van der Waals surface area (Å²) in [4.78, 5) is 29.7. The predicted octanol–water partition coefficient (Wildman–Crippen LogP) is 2.64. The molecule has 4 atom stereocenters. The van der Waals surface area contributed by atoms with E-state index in [2.05, 4.69) is 0 Å². The van der Waals surface area contributed by atoms with Crippen molar-refractivity contribution >= 4 is 35.0 Å². The van der Waals surface area contributed by atoms with Gasteiger partial charge < -0.3 is 39.0 Å². The maximum atomic E-state index is 13.3. The summed E-state index contributed by atoms with van der Waals surface area (Å²) in [5.74, 6) is -0.155. The minimum Gasteiger partial charge on any atom is -0.482 e. The molecule has 10 nitrogen and oxygen atoms in total. The zero-order valence-electron chi connectivity index (χ0n) is 23.2. The van der Waals surface area contributed by atoms with Gasteiger partial charge in [-0.25, -0.2) is 0 Å². The second-order valence-electron chi connectivity index (χ2n) is 9.98. The van der Waals surface area contributed by atoms with E-state index < -0.39 is 24.4 Å². The van der Waals surface area contributed by atoms with Crippen LogP contribution in [0.3, 0.4) is 0 Å². The van der Waals surface area contributed by atoms with Crippen molar-refractivity contribution < 1.29 is 38.7 Å². The summed E-state index contributed by atoms with van der Waals surface area (Å²) < 4.78 is 22.1. The van der Waals surface area contributed by atoms with E-state index in [4.69, 9.17) is 42.1 Å². The molecule has 2 rings (SSSR count). The molecule has 0 radical (unpaired) electrons. The fraction of sp³-hybridized carbons (Fsp3) is 0.704. The molecular formula is C27H42Cl2N2O8. The fourth-order valence-electron chi connectivity index (χ4n) is 4.57. The first-order valence-corrected chi connectivity index (χ1v) is 14.0. The zero-order valence-corrected chi connectivity index (χ0v) is 24.7. The first-order valence-electron chi connectivity index (χ1n) is 13.2. The van der Waals surface area contributed by atoms with E-state index in [-0.39, 0.29) is 55.7 Å². The van der Waals surface area contributed by atoms with E-state index >= 15 is 0 Å². The van der Waals surface area contributed by atoms with Crippen LogP contribution in [0.1, 0.15) is 33.1 Å². The molecule has 1 aliphatic rings. The average molecular weight is 594 g/mol. The van der Waals surface area contributed by atoms with Crippen LogP contribution in [-0.2, 0) is 23.8 Å². The Morgan fingerprint density at radius 1 is 1.08 bits per heavy atom. The molecule has 222 valence electrons. The molecule has 0 saturated carbocycles. The van der Waals surface area contributed by atoms with Gasteiger partial charge in [0, 0.05) is 40.5 Å². The third-order valence-corrected chi connectivity index (χ3v) is 7.37. The number of halogens is 2. The van der Waals surface area contributed by atoms with Gasteiger partial charge in [-0.3, -0.25) is 9.59 Å². The van der Waals surface area contributed by atoms with Crippen LogP contribution >= 0.6 is 23.2 Å². The lowest BCUT2D eigenvalue weighted by Gasteiger charge is -2.41. The molecular weight excluding hydrogens is 551 g/mol. The van der Waals surface area contributed by atoms with E-state index in [0.29, 0.717) is 43.2 Å². The third kappa shape index (κ3) is 10.4. The Bertz CT molecular complexity index is 907. The summed E-state index contributed by atoms with van der Waals surface area (Å²) in [5.41, 5.74) is 0. The van der Waals surface area contributed by atoms with Crippen LogP contribution in [0.15, 0.2) is 18.2 Å². The van der Waals surface area contributed by atoms with Gasteiger partial charge in [-0.2, -0.15) is 0 Å². The van der Waals surface area contributed by atoms with Gasteiger partial charge in [-0.05, 0) is 37.3 Å². The highest BCUT2D eigenvalue weighted by Gasteiger charge is 2.39. The van der Waals surface area contributed by atoms with Gasteiger partial charge in [-0.1, -0.05) is 43.1 Å². The Kier molecular flexibility index (Phi) is 14.8. The Hall–Kier alpha value is -1.66. The van der Waals surface area contributed by atoms with Gasteiger partial charge in [0.1, 0.15) is 35.7 Å². The number of nitrogens with zero attached hydrogens (tertiary/aromatic N) is 2. The lowest BCUT2D eigenvalue weighted by atomic mass is 9.92. The topological polar surface area (TPSA) is 118 Å². The monoisotopic (exact) mass is 592 g/mol. The van der Waals surface area contributed by atoms with Crippen molar-refractivity contribution in [3.63, 3.8) is 0 Å². The Labute approximate surface area is 241 Å². The van der Waals surface area contributed by atoms with Crippen LogP contribution < -0.4 is 4.74 Å². The number of methoxy groups -OCH3 is 2. The normalized spacial score (nSPS) is 23.9. The summed E-state index contributed by atoms with van der Waals surface area (Å²) in [6, 6.07) is 4.35. The van der Waals surface area contributed by atoms with E-state index in [0.717, 1.165) is 0 Å². The van der Waals surface area contributed by atoms with Crippen molar-refractivity contribution in [1.29, 1.82) is 0 Å². The number of hydrogen-bond donors (Lipinski definition) is 2. The number of rotatable bonds is 8. The maximum Gasteiger partial charge on any atom is 0.260 e. The minimum atomic E-state index is -1.30. The number of hydrogen-bond acceptors (Lipinski definition) is 8. The van der Waals surface area contributed by atoms with Crippen molar-refractivity contribution in [2.45, 2.75) is 57.5 Å². The van der Waals surface area contributed by atoms with Crippen molar-refractivity contribution in [1.82, 2.24) is 9.80 Å². The number of aliphatic hydroxyl groups excluding tert-OH is 2. The Balaban J connectivity index is 2.32. The summed E-state index contributed by atoms with van der Waals surface area (Å²) in [6.45, 7) is 4.61. The van der Waals surface area contributed by atoms with Crippen LogP contribution in [0.5, 0.6) is 5.75 Å². The quantitative estimate of drug-likeness (QED) is 0.473. The standard InChI is InChI=1S/C27H42Cl2N2O8/c1-18(2)14-20-27(37-4)26(35)21(32)15-38-13-6-5-10-30(11-12-31(20)24(34)16-36-3)23(33)17-39-22-9-7-8-19(28)25(22)29/h7-9,18,20-21,26-27,32,35H,5-6,10-17H2,1-4H3/t20-,21-,26-,27-/m0/s1. The van der Waals surface area contributed by atoms with E-state index in [9.17, 15) is 19.8 Å². The summed E-state index contributed by atoms with van der Waals surface area (Å²) in [6.07, 6.45) is -1.64. The molecule has 0 bridgehead atoms. The molecule has 2 amide bonds. The Morgan fingerprint density at radius 2 is 1.82 bits per heavy atom. The highest BCUT2D eigenvalue weighted by Crippen LogP contribution is 2.31. The molecule has 1 aromatic carbocycles. The maximum absolute atomic E-state index is 13.3. The molecule has 1 heterocycles. The SMILES string of the molecule is COCC(=O)N1CCN(C(=O)COc2cccc(Cl)c2Cl)CCCCOC[C@H](O)[C@H](O)[C@@H](OC)[C@@H]1CC(C)C. The molecule has 39 heavy (non-hydrogen) atoms. The molecule has 0 unspecified atom stereocenters. The van der Waals surface area contributed by atoms with Crippen LogP contribution in [0.2, 0.25) is 10.0 Å². The van der Waals surface area contributed by atoms with Crippen molar-refractivity contribution in [3.8, 4) is 5.75 Å². The average Bonchev–Trinajstić information content (AvgIpc) is 2.89. The highest BCUT2D eigenvalue weighted by atomic mass is 35.5. The smallest absolute Gasteiger partial charge is 0.260 e. The summed E-state index contributed by atoms with van der Waals surface area (Å²) >= 11 is 12.3. The van der Waals surface area contributed by atoms with Gasteiger partial charge in [0.05, 0.1) is 17.7 Å². The van der Waals surface area contributed by atoms with Crippen LogP contribution in [-0.4, -0.2) is 116 Å². The second-order valence-corrected chi connectivity index (χ2v) is 10.8. The van der Waals surface area contributed by atoms with Crippen molar-refractivity contribution in [2.24, 2.45) is 5.92 Å². The fourth-order valence-corrected chi connectivity index (χ4v) is 4.92. The van der Waals surface area contributed by atoms with Crippen LogP contribution in [0.25, 0.3) is 0 Å². The molecule has 12 heteroatoms.